The summed E-state index contributed by atoms with van der Waals surface area (Å²) in [6.07, 6.45) is 2.26. The Bertz CT molecular complexity index is 1180. The van der Waals surface area contributed by atoms with Gasteiger partial charge in [0.1, 0.15) is 18.2 Å². The Kier molecular flexibility index (Phi) is 6.30. The van der Waals surface area contributed by atoms with Crippen LogP contribution < -0.4 is 0 Å². The van der Waals surface area contributed by atoms with Crippen molar-refractivity contribution in [1.29, 1.82) is 5.26 Å². The first kappa shape index (κ1) is 22.5. The summed E-state index contributed by atoms with van der Waals surface area (Å²) in [5, 5.41) is 31.0. The van der Waals surface area contributed by atoms with Crippen molar-refractivity contribution in [3.05, 3.63) is 64.9 Å². The van der Waals surface area contributed by atoms with Gasteiger partial charge in [-0.25, -0.2) is 9.37 Å². The molecular weight excluding hydrogens is 439 g/mol. The molecule has 1 N–H and O–H groups in total. The van der Waals surface area contributed by atoms with Gasteiger partial charge in [0, 0.05) is 50.5 Å². The number of halogens is 1. The Morgan fingerprint density at radius 3 is 2.88 bits per heavy atom. The molecule has 1 aromatic carbocycles. The number of benzene rings is 1. The van der Waals surface area contributed by atoms with Gasteiger partial charge < -0.3 is 9.84 Å². The van der Waals surface area contributed by atoms with Crippen LogP contribution in [0.4, 0.5) is 4.39 Å². The number of nitriles is 1. The van der Waals surface area contributed by atoms with Gasteiger partial charge in [0.15, 0.2) is 5.82 Å². The second-order valence-electron chi connectivity index (χ2n) is 8.70. The van der Waals surface area contributed by atoms with E-state index < -0.39 is 11.9 Å². The molecule has 2 fully saturated rings. The molecule has 0 bridgehead atoms. The summed E-state index contributed by atoms with van der Waals surface area (Å²) in [6, 6.07) is 8.85. The van der Waals surface area contributed by atoms with Crippen LogP contribution in [-0.4, -0.2) is 85.5 Å². The van der Waals surface area contributed by atoms with Crippen LogP contribution in [0.2, 0.25) is 0 Å². The number of aliphatic hydroxyl groups excluding tert-OH is 1. The van der Waals surface area contributed by atoms with Gasteiger partial charge in [0.05, 0.1) is 24.4 Å². The molecule has 3 unspecified atom stereocenters. The molecule has 11 heteroatoms. The lowest BCUT2D eigenvalue weighted by Crippen LogP contribution is -2.58. The van der Waals surface area contributed by atoms with Crippen molar-refractivity contribution < 1.29 is 14.2 Å². The van der Waals surface area contributed by atoms with Crippen LogP contribution in [0.3, 0.4) is 0 Å². The Hall–Kier alpha value is -3.30. The fourth-order valence-corrected chi connectivity index (χ4v) is 4.73. The number of ether oxygens (including phenoxy) is 1. The molecule has 0 spiro atoms. The Morgan fingerprint density at radius 1 is 1.26 bits per heavy atom. The topological polar surface area (TPSA) is 116 Å². The second-order valence-corrected chi connectivity index (χ2v) is 8.70. The predicted molar refractivity (Wildman–Crippen MR) is 118 cm³/mol. The number of morpholine rings is 1. The van der Waals surface area contributed by atoms with Gasteiger partial charge in [-0.1, -0.05) is 12.1 Å². The number of fused-ring (bicyclic) bond motifs is 1. The fraction of sp³-hybridized carbons (Fsp3) is 0.435. The summed E-state index contributed by atoms with van der Waals surface area (Å²) >= 11 is 0. The maximum atomic E-state index is 13.9. The number of hydrogen-bond donors (Lipinski definition) is 1. The number of nitrogens with zero attached hydrogens (tertiary/aromatic N) is 8. The van der Waals surface area contributed by atoms with E-state index in [9.17, 15) is 14.8 Å². The highest BCUT2D eigenvalue weighted by Crippen LogP contribution is 2.31. The molecular formula is C23H25FN8O2. The first-order valence-electron chi connectivity index (χ1n) is 11.2. The maximum Gasteiger partial charge on any atom is 0.156 e. The lowest BCUT2D eigenvalue weighted by atomic mass is 9.96. The molecule has 0 radical (unpaired) electrons. The third-order valence-electron chi connectivity index (χ3n) is 6.66. The van der Waals surface area contributed by atoms with E-state index in [4.69, 9.17) is 4.74 Å². The Labute approximate surface area is 196 Å². The van der Waals surface area contributed by atoms with Crippen molar-refractivity contribution in [3.63, 3.8) is 0 Å². The number of rotatable bonds is 5. The van der Waals surface area contributed by atoms with Crippen LogP contribution in [0.25, 0.3) is 5.82 Å². The molecule has 2 saturated heterocycles. The highest BCUT2D eigenvalue weighted by molar-refractivity contribution is 5.44. The molecule has 5 rings (SSSR count). The summed E-state index contributed by atoms with van der Waals surface area (Å²) in [4.78, 5) is 8.95. The smallest absolute Gasteiger partial charge is 0.156 e. The number of aliphatic hydroxyl groups is 1. The van der Waals surface area contributed by atoms with Gasteiger partial charge in [0.2, 0.25) is 0 Å². The van der Waals surface area contributed by atoms with E-state index in [1.165, 1.54) is 17.1 Å². The molecule has 10 nitrogen and oxygen atoms in total. The average molecular weight is 465 g/mol. The van der Waals surface area contributed by atoms with Crippen LogP contribution >= 0.6 is 0 Å². The fourth-order valence-electron chi connectivity index (χ4n) is 4.73. The van der Waals surface area contributed by atoms with Crippen LogP contribution in [0.1, 0.15) is 34.5 Å². The van der Waals surface area contributed by atoms with Crippen molar-refractivity contribution in [3.8, 4) is 11.9 Å². The normalized spacial score (nSPS) is 22.2. The Balaban J connectivity index is 1.18. The molecule has 2 aromatic heterocycles. The largest absolute Gasteiger partial charge is 0.387 e. The third-order valence-corrected chi connectivity index (χ3v) is 6.66. The number of β-amino-alcohol motifs (C(OH)–C–C–N with tert-alkyl or cyclic N) is 1. The van der Waals surface area contributed by atoms with Gasteiger partial charge >= 0.3 is 0 Å². The monoisotopic (exact) mass is 464 g/mol. The van der Waals surface area contributed by atoms with Gasteiger partial charge in [-0.3, -0.25) is 9.80 Å². The van der Waals surface area contributed by atoms with E-state index in [0.717, 1.165) is 30.8 Å². The summed E-state index contributed by atoms with van der Waals surface area (Å²) in [5.74, 6) is 0.0894. The minimum Gasteiger partial charge on any atom is -0.387 e. The van der Waals surface area contributed by atoms with Crippen LogP contribution in [0.5, 0.6) is 0 Å². The highest BCUT2D eigenvalue weighted by Gasteiger charge is 2.35. The van der Waals surface area contributed by atoms with Crippen molar-refractivity contribution in [1.82, 2.24) is 35.0 Å². The zero-order valence-corrected chi connectivity index (χ0v) is 18.7. The average Bonchev–Trinajstić information content (AvgIpc) is 3.39. The van der Waals surface area contributed by atoms with E-state index in [2.05, 4.69) is 30.3 Å². The molecule has 0 amide bonds. The molecule has 2 aliphatic heterocycles. The van der Waals surface area contributed by atoms with Crippen LogP contribution in [-0.2, 0) is 4.74 Å². The number of hydrogen-bond acceptors (Lipinski definition) is 9. The molecule has 176 valence electrons. The van der Waals surface area contributed by atoms with Crippen molar-refractivity contribution in [2.75, 3.05) is 39.3 Å². The SMILES string of the molecule is Cc1c(C2CN3CCN(CC(O)c4ccc(-n5cnnn5)nc4)CC3CO2)ccc(F)c1C#N. The number of piperazine rings is 1. The van der Waals surface area contributed by atoms with Crippen molar-refractivity contribution in [2.24, 2.45) is 0 Å². The van der Waals surface area contributed by atoms with Gasteiger partial charge in [-0.15, -0.1) is 5.10 Å². The van der Waals surface area contributed by atoms with Crippen molar-refractivity contribution >= 4 is 0 Å². The first-order valence-corrected chi connectivity index (χ1v) is 11.2. The number of pyridine rings is 1. The lowest BCUT2D eigenvalue weighted by molar-refractivity contribution is -0.0939. The summed E-state index contributed by atoms with van der Waals surface area (Å²) in [6.45, 7) is 5.96. The minimum atomic E-state index is -0.662. The molecule has 0 saturated carbocycles. The van der Waals surface area contributed by atoms with Crippen molar-refractivity contribution in [2.45, 2.75) is 25.2 Å². The summed E-state index contributed by atoms with van der Waals surface area (Å²) < 4.78 is 21.5. The minimum absolute atomic E-state index is 0.0857. The predicted octanol–water partition coefficient (Wildman–Crippen LogP) is 1.17. The molecule has 4 heterocycles. The third kappa shape index (κ3) is 4.41. The molecule has 2 aliphatic rings. The quantitative estimate of drug-likeness (QED) is 0.594. The molecule has 34 heavy (non-hydrogen) atoms. The number of aromatic nitrogens is 5. The molecule has 3 aromatic rings. The number of tetrazole rings is 1. The molecule has 3 atom stereocenters. The second kappa shape index (κ2) is 9.52. The van der Waals surface area contributed by atoms with Gasteiger partial charge in [-0.05, 0) is 40.6 Å². The first-order chi connectivity index (χ1) is 16.5. The summed E-state index contributed by atoms with van der Waals surface area (Å²) in [7, 11) is 0. The van der Waals surface area contributed by atoms with E-state index in [-0.39, 0.29) is 17.7 Å². The van der Waals surface area contributed by atoms with E-state index in [1.807, 2.05) is 12.1 Å². The summed E-state index contributed by atoms with van der Waals surface area (Å²) in [5.41, 5.74) is 2.33. The van der Waals surface area contributed by atoms with Gasteiger partial charge in [-0.2, -0.15) is 9.94 Å². The maximum absolute atomic E-state index is 13.9. The zero-order chi connectivity index (χ0) is 23.7. The van der Waals surface area contributed by atoms with Gasteiger partial charge in [0.25, 0.3) is 0 Å². The standard InChI is InChI=1S/C23H25FN8O2/c1-15-18(3-4-20(24)19(15)8-25)22-12-31-7-6-30(10-17(31)13-34-22)11-21(33)16-2-5-23(26-9-16)32-14-27-28-29-32/h2-5,9,14,17,21-22,33H,6-7,10-13H2,1H3. The molecule has 0 aliphatic carbocycles. The van der Waals surface area contributed by atoms with Crippen LogP contribution in [0, 0.1) is 24.1 Å². The zero-order valence-electron chi connectivity index (χ0n) is 18.7. The highest BCUT2D eigenvalue weighted by atomic mass is 19.1. The Morgan fingerprint density at radius 2 is 2.15 bits per heavy atom. The van der Waals surface area contributed by atoms with E-state index in [1.54, 1.807) is 25.3 Å². The van der Waals surface area contributed by atoms with E-state index in [0.29, 0.717) is 31.1 Å². The van der Waals surface area contributed by atoms with Crippen LogP contribution in [0.15, 0.2) is 36.8 Å². The van der Waals surface area contributed by atoms with E-state index >= 15 is 0 Å². The lowest BCUT2D eigenvalue weighted by Gasteiger charge is -2.46.